The smallest absolute Gasteiger partial charge is 0.354 e. The predicted octanol–water partition coefficient (Wildman–Crippen LogP) is 2.99. The van der Waals surface area contributed by atoms with E-state index in [0.717, 1.165) is 44.1 Å². The Labute approximate surface area is 138 Å². The Morgan fingerprint density at radius 1 is 1.00 bits per heavy atom. The minimum absolute atomic E-state index is 0.367. The molecule has 0 atom stereocenters. The molecule has 1 aromatic heterocycles. The van der Waals surface area contributed by atoms with Gasteiger partial charge in [0.2, 0.25) is 5.95 Å². The molecule has 0 unspecified atom stereocenters. The Morgan fingerprint density at radius 3 is 2.29 bits per heavy atom. The van der Waals surface area contributed by atoms with Gasteiger partial charge < -0.3 is 15.1 Å². The zero-order valence-corrected chi connectivity index (χ0v) is 13.2. The van der Waals surface area contributed by atoms with Crippen molar-refractivity contribution in [3.63, 3.8) is 0 Å². The molecule has 0 saturated carbocycles. The largest absolute Gasteiger partial charge is 0.416 e. The van der Waals surface area contributed by atoms with Crippen LogP contribution in [0, 0.1) is 0 Å². The lowest BCUT2D eigenvalue weighted by Crippen LogP contribution is -2.44. The normalized spacial score (nSPS) is 16.2. The number of likely N-dealkylation sites (N-methyl/N-ethyl adjacent to an activating group) is 1. The molecule has 1 fully saturated rings. The minimum Gasteiger partial charge on any atom is -0.354 e. The van der Waals surface area contributed by atoms with Crippen LogP contribution in [-0.4, -0.2) is 48.1 Å². The number of alkyl halides is 3. The average Bonchev–Trinajstić information content (AvgIpc) is 2.55. The van der Waals surface area contributed by atoms with Crippen molar-refractivity contribution in [2.45, 2.75) is 6.18 Å². The maximum Gasteiger partial charge on any atom is 0.416 e. The fourth-order valence-electron chi connectivity index (χ4n) is 2.49. The summed E-state index contributed by atoms with van der Waals surface area (Å²) in [6.07, 6.45) is -2.69. The Kier molecular flexibility index (Phi) is 4.57. The number of nitrogens with one attached hydrogen (secondary N) is 1. The molecule has 2 heterocycles. The van der Waals surface area contributed by atoms with E-state index in [0.29, 0.717) is 11.6 Å². The van der Waals surface area contributed by atoms with Crippen LogP contribution in [0.3, 0.4) is 0 Å². The summed E-state index contributed by atoms with van der Waals surface area (Å²) in [5.41, 5.74) is -0.168. The van der Waals surface area contributed by atoms with Crippen LogP contribution >= 0.6 is 0 Å². The number of hydrogen-bond acceptors (Lipinski definition) is 5. The van der Waals surface area contributed by atoms with Crippen LogP contribution in [0.25, 0.3) is 0 Å². The van der Waals surface area contributed by atoms with Crippen LogP contribution in [0.4, 0.5) is 30.6 Å². The van der Waals surface area contributed by atoms with Gasteiger partial charge in [0.1, 0.15) is 5.82 Å². The summed E-state index contributed by atoms with van der Waals surface area (Å²) in [6.45, 7) is 3.69. The van der Waals surface area contributed by atoms with Gasteiger partial charge in [0.25, 0.3) is 0 Å². The van der Waals surface area contributed by atoms with E-state index in [2.05, 4.69) is 32.1 Å². The number of piperazine rings is 1. The van der Waals surface area contributed by atoms with E-state index in [1.54, 1.807) is 6.20 Å². The second kappa shape index (κ2) is 6.64. The molecule has 1 aliphatic rings. The van der Waals surface area contributed by atoms with E-state index in [-0.39, 0.29) is 0 Å². The van der Waals surface area contributed by atoms with Crippen molar-refractivity contribution in [2.75, 3.05) is 43.4 Å². The number of benzene rings is 1. The fraction of sp³-hybridized carbons (Fsp3) is 0.375. The second-order valence-corrected chi connectivity index (χ2v) is 5.73. The molecule has 0 bridgehead atoms. The molecule has 0 amide bonds. The van der Waals surface area contributed by atoms with Crippen LogP contribution in [0.5, 0.6) is 0 Å². The number of rotatable bonds is 3. The standard InChI is InChI=1S/C16H18F3N5/c1-23-8-10-24(11-9-23)14-6-7-20-15(22-14)21-13-4-2-12(3-5-13)16(17,18)19/h2-7H,8-11H2,1H3,(H,20,21,22). The van der Waals surface area contributed by atoms with Gasteiger partial charge in [-0.3, -0.25) is 0 Å². The highest BCUT2D eigenvalue weighted by molar-refractivity contribution is 5.55. The van der Waals surface area contributed by atoms with Crippen molar-refractivity contribution in [2.24, 2.45) is 0 Å². The van der Waals surface area contributed by atoms with Crippen LogP contribution in [0.15, 0.2) is 36.5 Å². The van der Waals surface area contributed by atoms with Crippen LogP contribution in [-0.2, 0) is 6.18 Å². The highest BCUT2D eigenvalue weighted by Gasteiger charge is 2.29. The lowest BCUT2D eigenvalue weighted by atomic mass is 10.2. The van der Waals surface area contributed by atoms with Crippen molar-refractivity contribution in [3.8, 4) is 0 Å². The first-order chi connectivity index (χ1) is 11.4. The third-order valence-corrected chi connectivity index (χ3v) is 3.94. The van der Waals surface area contributed by atoms with Crippen LogP contribution in [0.2, 0.25) is 0 Å². The molecule has 3 rings (SSSR count). The Hall–Kier alpha value is -2.35. The summed E-state index contributed by atoms with van der Waals surface area (Å²) in [4.78, 5) is 13.0. The lowest BCUT2D eigenvalue weighted by molar-refractivity contribution is -0.137. The molecule has 2 aromatic rings. The van der Waals surface area contributed by atoms with Crippen molar-refractivity contribution in [1.29, 1.82) is 0 Å². The molecule has 128 valence electrons. The number of aromatic nitrogens is 2. The van der Waals surface area contributed by atoms with E-state index < -0.39 is 11.7 Å². The average molecular weight is 337 g/mol. The van der Waals surface area contributed by atoms with Crippen molar-refractivity contribution >= 4 is 17.5 Å². The van der Waals surface area contributed by atoms with E-state index >= 15 is 0 Å². The molecule has 1 aromatic carbocycles. The molecule has 1 aliphatic heterocycles. The number of halogens is 3. The predicted molar refractivity (Wildman–Crippen MR) is 86.5 cm³/mol. The topological polar surface area (TPSA) is 44.3 Å². The number of anilines is 3. The lowest BCUT2D eigenvalue weighted by Gasteiger charge is -2.33. The summed E-state index contributed by atoms with van der Waals surface area (Å²) < 4.78 is 37.7. The zero-order chi connectivity index (χ0) is 17.2. The van der Waals surface area contributed by atoms with Gasteiger partial charge in [-0.25, -0.2) is 4.98 Å². The SMILES string of the molecule is CN1CCN(c2ccnc(Nc3ccc(C(F)(F)F)cc3)n2)CC1. The minimum atomic E-state index is -4.34. The van der Waals surface area contributed by atoms with E-state index in [9.17, 15) is 13.2 Å². The van der Waals surface area contributed by atoms with Crippen molar-refractivity contribution in [3.05, 3.63) is 42.1 Å². The first kappa shape index (κ1) is 16.5. The van der Waals surface area contributed by atoms with Gasteiger partial charge in [0.15, 0.2) is 0 Å². The first-order valence-electron chi connectivity index (χ1n) is 7.63. The third kappa shape index (κ3) is 3.94. The van der Waals surface area contributed by atoms with Gasteiger partial charge in [-0.05, 0) is 37.4 Å². The van der Waals surface area contributed by atoms with E-state index in [4.69, 9.17) is 0 Å². The molecular formula is C16H18F3N5. The monoisotopic (exact) mass is 337 g/mol. The Balaban J connectivity index is 1.70. The summed E-state index contributed by atoms with van der Waals surface area (Å²) in [7, 11) is 2.08. The van der Waals surface area contributed by atoms with E-state index in [1.807, 2.05) is 6.07 Å². The second-order valence-electron chi connectivity index (χ2n) is 5.73. The Morgan fingerprint density at radius 2 is 1.67 bits per heavy atom. The van der Waals surface area contributed by atoms with Gasteiger partial charge in [-0.2, -0.15) is 18.2 Å². The van der Waals surface area contributed by atoms with Gasteiger partial charge in [-0.15, -0.1) is 0 Å². The van der Waals surface area contributed by atoms with Crippen molar-refractivity contribution in [1.82, 2.24) is 14.9 Å². The molecule has 24 heavy (non-hydrogen) atoms. The summed E-state index contributed by atoms with van der Waals surface area (Å²) in [5.74, 6) is 1.18. The molecule has 1 N–H and O–H groups in total. The molecular weight excluding hydrogens is 319 g/mol. The molecule has 0 aliphatic carbocycles. The molecule has 0 radical (unpaired) electrons. The van der Waals surface area contributed by atoms with Gasteiger partial charge in [-0.1, -0.05) is 0 Å². The maximum atomic E-state index is 12.6. The first-order valence-corrected chi connectivity index (χ1v) is 7.63. The highest BCUT2D eigenvalue weighted by atomic mass is 19.4. The maximum absolute atomic E-state index is 12.6. The molecule has 1 saturated heterocycles. The Bertz CT molecular complexity index is 679. The van der Waals surface area contributed by atoms with E-state index in [1.165, 1.54) is 12.1 Å². The van der Waals surface area contributed by atoms with Crippen LogP contribution in [0.1, 0.15) is 5.56 Å². The molecule has 0 spiro atoms. The number of nitrogens with zero attached hydrogens (tertiary/aromatic N) is 4. The van der Waals surface area contributed by atoms with Gasteiger partial charge >= 0.3 is 6.18 Å². The third-order valence-electron chi connectivity index (χ3n) is 3.94. The van der Waals surface area contributed by atoms with Crippen LogP contribution < -0.4 is 10.2 Å². The quantitative estimate of drug-likeness (QED) is 0.933. The number of hydrogen-bond donors (Lipinski definition) is 1. The summed E-state index contributed by atoms with van der Waals surface area (Å²) in [5, 5.41) is 2.94. The molecule has 5 nitrogen and oxygen atoms in total. The van der Waals surface area contributed by atoms with Gasteiger partial charge in [0.05, 0.1) is 5.56 Å². The fourth-order valence-corrected chi connectivity index (χ4v) is 2.49. The summed E-state index contributed by atoms with van der Waals surface area (Å²) >= 11 is 0. The zero-order valence-electron chi connectivity index (χ0n) is 13.2. The molecule has 8 heteroatoms. The van der Waals surface area contributed by atoms with Crippen molar-refractivity contribution < 1.29 is 13.2 Å². The summed E-state index contributed by atoms with van der Waals surface area (Å²) in [6, 6.07) is 6.64. The highest BCUT2D eigenvalue weighted by Crippen LogP contribution is 2.30. The van der Waals surface area contributed by atoms with Gasteiger partial charge in [0, 0.05) is 38.1 Å².